The molecule has 0 saturated carbocycles. The summed E-state index contributed by atoms with van der Waals surface area (Å²) < 4.78 is 1.89. The fourth-order valence-electron chi connectivity index (χ4n) is 3.50. The molecule has 0 amide bonds. The molecule has 0 bridgehead atoms. The van der Waals surface area contributed by atoms with Crippen LogP contribution in [0.2, 0.25) is 0 Å². The molecule has 4 rings (SSSR count). The molecule has 4 aromatic rings. The maximum Gasteiger partial charge on any atom is 0.158 e. The maximum atomic E-state index is 4.42. The van der Waals surface area contributed by atoms with Crippen molar-refractivity contribution < 1.29 is 0 Å². The number of hydrogen-bond acceptors (Lipinski definition) is 2. The largest absolute Gasteiger partial charge is 0.354 e. The van der Waals surface area contributed by atoms with Gasteiger partial charge in [0.25, 0.3) is 0 Å². The molecule has 0 unspecified atom stereocenters. The minimum absolute atomic E-state index is 0.392. The highest BCUT2D eigenvalue weighted by molar-refractivity contribution is 5.91. The van der Waals surface area contributed by atoms with E-state index in [1.54, 1.807) is 6.33 Å². The third-order valence-corrected chi connectivity index (χ3v) is 4.64. The molecule has 0 fully saturated rings. The first kappa shape index (κ1) is 14.9. The minimum atomic E-state index is 0.392. The summed E-state index contributed by atoms with van der Waals surface area (Å²) in [6.07, 6.45) is 3.70. The van der Waals surface area contributed by atoms with E-state index in [4.69, 9.17) is 0 Å². The Labute approximate surface area is 141 Å². The second-order valence-corrected chi connectivity index (χ2v) is 6.98. The number of nitrogens with zero attached hydrogens (tertiary/aromatic N) is 3. The smallest absolute Gasteiger partial charge is 0.158 e. The van der Waals surface area contributed by atoms with E-state index in [1.807, 2.05) is 4.52 Å². The lowest BCUT2D eigenvalue weighted by Gasteiger charge is -2.12. The normalized spacial score (nSPS) is 12.1. The van der Waals surface area contributed by atoms with Crippen molar-refractivity contribution in [1.29, 1.82) is 0 Å². The van der Waals surface area contributed by atoms with Gasteiger partial charge >= 0.3 is 0 Å². The Balaban J connectivity index is 2.04. The van der Waals surface area contributed by atoms with Crippen molar-refractivity contribution in [2.45, 2.75) is 39.5 Å². The van der Waals surface area contributed by atoms with Crippen molar-refractivity contribution in [2.75, 3.05) is 0 Å². The van der Waals surface area contributed by atoms with E-state index in [0.717, 1.165) is 11.2 Å². The molecule has 24 heavy (non-hydrogen) atoms. The van der Waals surface area contributed by atoms with Gasteiger partial charge in [-0.2, -0.15) is 5.10 Å². The standard InChI is InChI=1S/C20H22N4/c1-12(2)16-9-14(10-24-20(16)21-11-22-24)19-18(13(3)4)15-7-5-6-8-17(15)23-19/h5-13,23H,1-4H3. The number of aromatic amines is 1. The summed E-state index contributed by atoms with van der Waals surface area (Å²) >= 11 is 0. The Morgan fingerprint density at radius 2 is 1.83 bits per heavy atom. The van der Waals surface area contributed by atoms with E-state index < -0.39 is 0 Å². The van der Waals surface area contributed by atoms with Crippen molar-refractivity contribution in [1.82, 2.24) is 19.6 Å². The van der Waals surface area contributed by atoms with Crippen LogP contribution in [-0.4, -0.2) is 19.6 Å². The molecule has 0 spiro atoms. The van der Waals surface area contributed by atoms with Gasteiger partial charge in [-0.25, -0.2) is 9.50 Å². The molecule has 1 N–H and O–H groups in total. The molecule has 4 heteroatoms. The number of H-pyrrole nitrogens is 1. The second-order valence-electron chi connectivity index (χ2n) is 6.98. The van der Waals surface area contributed by atoms with Crippen molar-refractivity contribution in [2.24, 2.45) is 0 Å². The van der Waals surface area contributed by atoms with Gasteiger partial charge in [0.15, 0.2) is 5.65 Å². The summed E-state index contributed by atoms with van der Waals surface area (Å²) in [4.78, 5) is 8.04. The molecule has 0 saturated heterocycles. The molecule has 4 nitrogen and oxygen atoms in total. The number of benzene rings is 1. The summed E-state index contributed by atoms with van der Waals surface area (Å²) in [7, 11) is 0. The van der Waals surface area contributed by atoms with Crippen LogP contribution in [0.15, 0.2) is 42.9 Å². The zero-order chi connectivity index (χ0) is 16.8. The summed E-state index contributed by atoms with van der Waals surface area (Å²) in [5.74, 6) is 0.827. The average molecular weight is 318 g/mol. The van der Waals surface area contributed by atoms with Crippen LogP contribution in [0.1, 0.15) is 50.7 Å². The molecule has 0 radical (unpaired) electrons. The summed E-state index contributed by atoms with van der Waals surface area (Å²) in [6, 6.07) is 10.8. The number of nitrogens with one attached hydrogen (secondary N) is 1. The Morgan fingerprint density at radius 3 is 2.58 bits per heavy atom. The lowest BCUT2D eigenvalue weighted by molar-refractivity contribution is 0.849. The molecule has 0 aliphatic rings. The highest BCUT2D eigenvalue weighted by atomic mass is 15.3. The van der Waals surface area contributed by atoms with Gasteiger partial charge in [-0.15, -0.1) is 0 Å². The first-order valence-corrected chi connectivity index (χ1v) is 8.50. The van der Waals surface area contributed by atoms with Crippen LogP contribution in [0, 0.1) is 0 Å². The molecule has 122 valence electrons. The van der Waals surface area contributed by atoms with Gasteiger partial charge < -0.3 is 4.98 Å². The summed E-state index contributed by atoms with van der Waals surface area (Å²) in [6.45, 7) is 8.89. The van der Waals surface area contributed by atoms with Crippen molar-refractivity contribution >= 4 is 16.6 Å². The van der Waals surface area contributed by atoms with Gasteiger partial charge in [0.1, 0.15) is 6.33 Å². The molecule has 1 aromatic carbocycles. The number of rotatable bonds is 3. The molecule has 3 heterocycles. The van der Waals surface area contributed by atoms with Gasteiger partial charge in [-0.1, -0.05) is 45.9 Å². The zero-order valence-corrected chi connectivity index (χ0v) is 14.5. The van der Waals surface area contributed by atoms with E-state index >= 15 is 0 Å². The Hall–Kier alpha value is -2.62. The molecule has 0 atom stereocenters. The van der Waals surface area contributed by atoms with Crippen LogP contribution in [0.5, 0.6) is 0 Å². The molecular weight excluding hydrogens is 296 g/mol. The zero-order valence-electron chi connectivity index (χ0n) is 14.5. The number of hydrogen-bond donors (Lipinski definition) is 1. The summed E-state index contributed by atoms with van der Waals surface area (Å²) in [5.41, 5.74) is 7.05. The fourth-order valence-corrected chi connectivity index (χ4v) is 3.50. The van der Waals surface area contributed by atoms with Crippen LogP contribution in [0.4, 0.5) is 0 Å². The molecule has 0 aliphatic carbocycles. The fraction of sp³-hybridized carbons (Fsp3) is 0.300. The van der Waals surface area contributed by atoms with Crippen molar-refractivity contribution in [3.05, 3.63) is 54.0 Å². The van der Waals surface area contributed by atoms with E-state index in [1.165, 1.54) is 27.7 Å². The third-order valence-electron chi connectivity index (χ3n) is 4.64. The van der Waals surface area contributed by atoms with Crippen LogP contribution in [0.3, 0.4) is 0 Å². The predicted molar refractivity (Wildman–Crippen MR) is 98.5 cm³/mol. The van der Waals surface area contributed by atoms with Crippen LogP contribution >= 0.6 is 0 Å². The minimum Gasteiger partial charge on any atom is -0.354 e. The monoisotopic (exact) mass is 318 g/mol. The SMILES string of the molecule is CC(C)c1c(-c2cc(C(C)C)c3ncnn3c2)[nH]c2ccccc12. The lowest BCUT2D eigenvalue weighted by atomic mass is 9.95. The highest BCUT2D eigenvalue weighted by Gasteiger charge is 2.18. The van der Waals surface area contributed by atoms with Gasteiger partial charge in [-0.05, 0) is 29.5 Å². The van der Waals surface area contributed by atoms with Gasteiger partial charge in [0, 0.05) is 28.2 Å². The van der Waals surface area contributed by atoms with E-state index in [0.29, 0.717) is 11.8 Å². The van der Waals surface area contributed by atoms with Gasteiger partial charge in [0.05, 0.1) is 5.69 Å². The maximum absolute atomic E-state index is 4.42. The van der Waals surface area contributed by atoms with E-state index in [9.17, 15) is 0 Å². The predicted octanol–water partition coefficient (Wildman–Crippen LogP) is 5.12. The topological polar surface area (TPSA) is 46.0 Å². The van der Waals surface area contributed by atoms with Crippen molar-refractivity contribution in [3.8, 4) is 11.3 Å². The summed E-state index contributed by atoms with van der Waals surface area (Å²) in [5, 5.41) is 5.67. The second kappa shape index (κ2) is 5.48. The number of para-hydroxylation sites is 1. The number of aromatic nitrogens is 4. The average Bonchev–Trinajstić information content (AvgIpc) is 3.17. The molecular formula is C20H22N4. The first-order valence-electron chi connectivity index (χ1n) is 8.50. The first-order chi connectivity index (χ1) is 11.6. The molecule has 0 aliphatic heterocycles. The van der Waals surface area contributed by atoms with Gasteiger partial charge in [0.2, 0.25) is 0 Å². The van der Waals surface area contributed by atoms with Crippen LogP contribution in [0.25, 0.3) is 27.8 Å². The third kappa shape index (κ3) is 2.21. The van der Waals surface area contributed by atoms with E-state index in [2.05, 4.69) is 79.3 Å². The lowest BCUT2D eigenvalue weighted by Crippen LogP contribution is -1.99. The number of fused-ring (bicyclic) bond motifs is 2. The van der Waals surface area contributed by atoms with Crippen molar-refractivity contribution in [3.63, 3.8) is 0 Å². The Morgan fingerprint density at radius 1 is 1.04 bits per heavy atom. The Bertz CT molecular complexity index is 1020. The van der Waals surface area contributed by atoms with Gasteiger partial charge in [-0.3, -0.25) is 0 Å². The molecule has 3 aromatic heterocycles. The van der Waals surface area contributed by atoms with Crippen LogP contribution < -0.4 is 0 Å². The van der Waals surface area contributed by atoms with Crippen LogP contribution in [-0.2, 0) is 0 Å². The Kier molecular flexibility index (Phi) is 3.41. The number of pyridine rings is 1. The quantitative estimate of drug-likeness (QED) is 0.569. The highest BCUT2D eigenvalue weighted by Crippen LogP contribution is 2.36. The van der Waals surface area contributed by atoms with E-state index in [-0.39, 0.29) is 0 Å².